The van der Waals surface area contributed by atoms with Gasteiger partial charge in [-0.1, -0.05) is 24.4 Å². The number of hydrogen-bond acceptors (Lipinski definition) is 3. The van der Waals surface area contributed by atoms with Crippen molar-refractivity contribution in [3.63, 3.8) is 0 Å². The zero-order valence-corrected chi connectivity index (χ0v) is 10.8. The fraction of sp³-hybridized carbons (Fsp3) is 0.385. The van der Waals surface area contributed by atoms with Crippen LogP contribution in [0.5, 0.6) is 5.75 Å². The van der Waals surface area contributed by atoms with E-state index in [1.807, 2.05) is 12.1 Å². The topological polar surface area (TPSA) is 64.3 Å². The van der Waals surface area contributed by atoms with Crippen LogP contribution in [0.15, 0.2) is 24.3 Å². The number of para-hydroxylation sites is 2. The van der Waals surface area contributed by atoms with Gasteiger partial charge in [0.2, 0.25) is 5.91 Å². The van der Waals surface area contributed by atoms with Gasteiger partial charge in [0.15, 0.2) is 0 Å². The Kier molecular flexibility index (Phi) is 4.15. The number of ether oxygens (including phenoxy) is 1. The molecule has 1 aliphatic rings. The molecule has 0 saturated heterocycles. The first-order valence-corrected chi connectivity index (χ1v) is 6.36. The molecule has 1 aromatic carbocycles. The summed E-state index contributed by atoms with van der Waals surface area (Å²) in [6.07, 6.45) is 2.91. The Bertz CT molecular complexity index is 458. The van der Waals surface area contributed by atoms with Crippen LogP contribution in [0.3, 0.4) is 0 Å². The third kappa shape index (κ3) is 4.00. The summed E-state index contributed by atoms with van der Waals surface area (Å²) in [6, 6.07) is 7.27. The summed E-state index contributed by atoms with van der Waals surface area (Å²) in [6.45, 7) is 0.171. The minimum Gasteiger partial charge on any atom is -0.484 e. The molecule has 0 aliphatic heterocycles. The van der Waals surface area contributed by atoms with Crippen molar-refractivity contribution in [3.05, 3.63) is 24.3 Å². The maximum Gasteiger partial charge on any atom is 0.224 e. The van der Waals surface area contributed by atoms with Crippen molar-refractivity contribution in [1.82, 2.24) is 0 Å². The molecule has 3 N–H and O–H groups in total. The van der Waals surface area contributed by atoms with Gasteiger partial charge in [0.1, 0.15) is 17.3 Å². The van der Waals surface area contributed by atoms with Crippen molar-refractivity contribution in [1.29, 1.82) is 0 Å². The van der Waals surface area contributed by atoms with Crippen molar-refractivity contribution < 1.29 is 9.53 Å². The van der Waals surface area contributed by atoms with Crippen molar-refractivity contribution in [2.45, 2.75) is 19.3 Å². The lowest BCUT2D eigenvalue weighted by molar-refractivity contribution is -0.116. The minimum absolute atomic E-state index is 0.0314. The average molecular weight is 264 g/mol. The fourth-order valence-electron chi connectivity index (χ4n) is 1.63. The molecule has 5 heteroatoms. The second-order valence-electron chi connectivity index (χ2n) is 4.45. The molecule has 0 radical (unpaired) electrons. The quantitative estimate of drug-likeness (QED) is 0.772. The number of nitrogens with one attached hydrogen (secondary N) is 1. The molecule has 1 saturated carbocycles. The lowest BCUT2D eigenvalue weighted by Crippen LogP contribution is -2.19. The van der Waals surface area contributed by atoms with Gasteiger partial charge in [0, 0.05) is 6.42 Å². The van der Waals surface area contributed by atoms with Gasteiger partial charge in [0.25, 0.3) is 0 Å². The van der Waals surface area contributed by atoms with Gasteiger partial charge in [-0.15, -0.1) is 0 Å². The van der Waals surface area contributed by atoms with Crippen LogP contribution >= 0.6 is 12.2 Å². The molecule has 0 spiro atoms. The van der Waals surface area contributed by atoms with Crippen molar-refractivity contribution in [2.24, 2.45) is 11.7 Å². The third-order valence-electron chi connectivity index (χ3n) is 2.70. The summed E-state index contributed by atoms with van der Waals surface area (Å²) >= 11 is 4.76. The van der Waals surface area contributed by atoms with Gasteiger partial charge in [-0.25, -0.2) is 0 Å². The van der Waals surface area contributed by atoms with Gasteiger partial charge in [-0.05, 0) is 30.9 Å². The number of hydrogen-bond donors (Lipinski definition) is 2. The smallest absolute Gasteiger partial charge is 0.224 e. The highest BCUT2D eigenvalue weighted by atomic mass is 32.1. The summed E-state index contributed by atoms with van der Waals surface area (Å²) in [5.41, 5.74) is 6.05. The van der Waals surface area contributed by atoms with Gasteiger partial charge in [0.05, 0.1) is 5.69 Å². The molecular formula is C13H16N2O2S. The largest absolute Gasteiger partial charge is 0.484 e. The standard InChI is InChI=1S/C13H16N2O2S/c14-12(18)8-17-11-4-2-1-3-10(11)15-13(16)7-9-5-6-9/h1-4,9H,5-8H2,(H2,14,18)(H,15,16). The van der Waals surface area contributed by atoms with Crippen LogP contribution in [0.2, 0.25) is 0 Å². The molecule has 0 atom stereocenters. The number of thiocarbonyl (C=S) groups is 1. The Morgan fingerprint density at radius 2 is 2.17 bits per heavy atom. The second-order valence-corrected chi connectivity index (χ2v) is 4.97. The molecule has 96 valence electrons. The van der Waals surface area contributed by atoms with E-state index in [2.05, 4.69) is 5.32 Å². The van der Waals surface area contributed by atoms with Crippen LogP contribution in [-0.4, -0.2) is 17.5 Å². The molecule has 1 aromatic rings. The van der Waals surface area contributed by atoms with E-state index in [9.17, 15) is 4.79 Å². The minimum atomic E-state index is 0.0314. The average Bonchev–Trinajstić information content (AvgIpc) is 3.11. The molecule has 0 unspecified atom stereocenters. The molecule has 0 heterocycles. The van der Waals surface area contributed by atoms with Crippen molar-refractivity contribution in [2.75, 3.05) is 11.9 Å². The second kappa shape index (κ2) is 5.82. The predicted octanol–water partition coefficient (Wildman–Crippen LogP) is 2.09. The number of benzene rings is 1. The zero-order chi connectivity index (χ0) is 13.0. The van der Waals surface area contributed by atoms with E-state index in [0.29, 0.717) is 23.8 Å². The van der Waals surface area contributed by atoms with Crippen LogP contribution in [0.1, 0.15) is 19.3 Å². The van der Waals surface area contributed by atoms with Crippen LogP contribution in [0, 0.1) is 5.92 Å². The van der Waals surface area contributed by atoms with E-state index >= 15 is 0 Å². The van der Waals surface area contributed by atoms with Crippen LogP contribution in [-0.2, 0) is 4.79 Å². The Labute approximate surface area is 112 Å². The zero-order valence-electron chi connectivity index (χ0n) is 10.0. The lowest BCUT2D eigenvalue weighted by Gasteiger charge is -2.11. The SMILES string of the molecule is NC(=S)COc1ccccc1NC(=O)CC1CC1. The van der Waals surface area contributed by atoms with E-state index < -0.39 is 0 Å². The summed E-state index contributed by atoms with van der Waals surface area (Å²) in [4.78, 5) is 12.0. The number of rotatable bonds is 6. The number of amides is 1. The van der Waals surface area contributed by atoms with E-state index in [4.69, 9.17) is 22.7 Å². The highest BCUT2D eigenvalue weighted by Crippen LogP contribution is 2.33. The first-order valence-electron chi connectivity index (χ1n) is 5.95. The molecule has 18 heavy (non-hydrogen) atoms. The van der Waals surface area contributed by atoms with Gasteiger partial charge in [-0.2, -0.15) is 0 Å². The number of anilines is 1. The first-order chi connectivity index (χ1) is 8.65. The molecule has 0 bridgehead atoms. The number of nitrogens with two attached hydrogens (primary N) is 1. The van der Waals surface area contributed by atoms with Crippen LogP contribution in [0.25, 0.3) is 0 Å². The van der Waals surface area contributed by atoms with Crippen molar-refractivity contribution >= 4 is 28.8 Å². The first kappa shape index (κ1) is 12.8. The maximum atomic E-state index is 11.7. The van der Waals surface area contributed by atoms with Crippen molar-refractivity contribution in [3.8, 4) is 5.75 Å². The van der Waals surface area contributed by atoms with Gasteiger partial charge >= 0.3 is 0 Å². The van der Waals surface area contributed by atoms with Crippen LogP contribution < -0.4 is 15.8 Å². The number of carbonyl (C=O) groups is 1. The van der Waals surface area contributed by atoms with E-state index in [-0.39, 0.29) is 17.5 Å². The molecule has 4 nitrogen and oxygen atoms in total. The molecule has 0 aromatic heterocycles. The highest BCUT2D eigenvalue weighted by Gasteiger charge is 2.24. The summed E-state index contributed by atoms with van der Waals surface area (Å²) in [5.74, 6) is 1.19. The van der Waals surface area contributed by atoms with E-state index in [1.165, 1.54) is 0 Å². The maximum absolute atomic E-state index is 11.7. The molecule has 2 rings (SSSR count). The van der Waals surface area contributed by atoms with E-state index in [1.54, 1.807) is 12.1 Å². The number of carbonyl (C=O) groups excluding carboxylic acids is 1. The summed E-state index contributed by atoms with van der Waals surface area (Å²) < 4.78 is 5.44. The molecule has 1 fully saturated rings. The summed E-state index contributed by atoms with van der Waals surface area (Å²) in [5, 5.41) is 2.86. The molecular weight excluding hydrogens is 248 g/mol. The Morgan fingerprint density at radius 1 is 1.44 bits per heavy atom. The predicted molar refractivity (Wildman–Crippen MR) is 74.7 cm³/mol. The van der Waals surface area contributed by atoms with Gasteiger partial charge in [-0.3, -0.25) is 4.79 Å². The monoisotopic (exact) mass is 264 g/mol. The Morgan fingerprint density at radius 3 is 2.83 bits per heavy atom. The van der Waals surface area contributed by atoms with Crippen LogP contribution in [0.4, 0.5) is 5.69 Å². The molecule has 1 amide bonds. The normalized spacial score (nSPS) is 14.0. The Hall–Kier alpha value is -1.62. The lowest BCUT2D eigenvalue weighted by atomic mass is 10.2. The van der Waals surface area contributed by atoms with E-state index in [0.717, 1.165) is 12.8 Å². The van der Waals surface area contributed by atoms with Gasteiger partial charge < -0.3 is 15.8 Å². The highest BCUT2D eigenvalue weighted by molar-refractivity contribution is 7.80. The summed E-state index contributed by atoms with van der Waals surface area (Å²) in [7, 11) is 0. The fourth-order valence-corrected chi connectivity index (χ4v) is 1.69. The Balaban J connectivity index is 1.96. The molecule has 1 aliphatic carbocycles. The third-order valence-corrected chi connectivity index (χ3v) is 2.82.